The number of benzene rings is 1. The summed E-state index contributed by atoms with van der Waals surface area (Å²) in [5.74, 6) is -0.213. The highest BCUT2D eigenvalue weighted by molar-refractivity contribution is 6.00. The first kappa shape index (κ1) is 20.8. The Kier molecular flexibility index (Phi) is 7.08. The van der Waals surface area contributed by atoms with Crippen molar-refractivity contribution in [3.63, 3.8) is 0 Å². The molecule has 6 heteroatoms. The van der Waals surface area contributed by atoms with Crippen LogP contribution in [0, 0.1) is 5.92 Å². The van der Waals surface area contributed by atoms with E-state index >= 15 is 0 Å². The van der Waals surface area contributed by atoms with Gasteiger partial charge in [0.2, 0.25) is 11.8 Å². The third-order valence-corrected chi connectivity index (χ3v) is 6.21. The molecule has 0 bridgehead atoms. The van der Waals surface area contributed by atoms with E-state index in [4.69, 9.17) is 0 Å². The molecule has 2 atom stereocenters. The molecule has 28 heavy (non-hydrogen) atoms. The molecule has 2 heterocycles. The van der Waals surface area contributed by atoms with Gasteiger partial charge in [0, 0.05) is 57.4 Å². The summed E-state index contributed by atoms with van der Waals surface area (Å²) < 4.78 is 0. The van der Waals surface area contributed by atoms with Crippen LogP contribution in [0.2, 0.25) is 0 Å². The van der Waals surface area contributed by atoms with E-state index in [1.165, 1.54) is 0 Å². The quantitative estimate of drug-likeness (QED) is 0.776. The minimum absolute atomic E-state index is 0.00359. The fourth-order valence-electron chi connectivity index (χ4n) is 4.23. The van der Waals surface area contributed by atoms with Gasteiger partial charge in [0.25, 0.3) is 0 Å². The molecule has 6 nitrogen and oxygen atoms in total. The van der Waals surface area contributed by atoms with Crippen molar-refractivity contribution in [1.82, 2.24) is 15.1 Å². The van der Waals surface area contributed by atoms with Crippen molar-refractivity contribution >= 4 is 17.5 Å². The minimum Gasteiger partial charge on any atom is -0.354 e. The van der Waals surface area contributed by atoms with Gasteiger partial charge in [-0.25, -0.2) is 0 Å². The zero-order valence-electron chi connectivity index (χ0n) is 17.5. The maximum Gasteiger partial charge on any atom is 0.227 e. The van der Waals surface area contributed by atoms with Crippen molar-refractivity contribution in [3.8, 4) is 0 Å². The fraction of sp³-hybridized carbons (Fsp3) is 0.636. The lowest BCUT2D eigenvalue weighted by atomic mass is 10.1. The Bertz CT molecular complexity index is 685. The molecule has 0 saturated carbocycles. The van der Waals surface area contributed by atoms with Crippen molar-refractivity contribution in [2.45, 2.75) is 39.7 Å². The van der Waals surface area contributed by atoms with Crippen LogP contribution in [0.5, 0.6) is 0 Å². The van der Waals surface area contributed by atoms with Gasteiger partial charge in [-0.05, 0) is 31.5 Å². The van der Waals surface area contributed by atoms with Crippen LogP contribution >= 0.6 is 0 Å². The highest BCUT2D eigenvalue weighted by Gasteiger charge is 2.36. The molecule has 2 aliphatic rings. The SMILES string of the molecule is CCc1ccccc1N1CC(C(=O)NCC(C)N2CCN(CC)CC2)CC1=O. The normalized spacial score (nSPS) is 22.5. The lowest BCUT2D eigenvalue weighted by Crippen LogP contribution is -2.52. The van der Waals surface area contributed by atoms with E-state index in [9.17, 15) is 9.59 Å². The number of carbonyl (C=O) groups excluding carboxylic acids is 2. The minimum atomic E-state index is -0.262. The number of likely N-dealkylation sites (N-methyl/N-ethyl adjacent to an activating group) is 1. The van der Waals surface area contributed by atoms with Crippen LogP contribution in [0.1, 0.15) is 32.8 Å². The molecule has 1 N–H and O–H groups in total. The topological polar surface area (TPSA) is 55.9 Å². The lowest BCUT2D eigenvalue weighted by molar-refractivity contribution is -0.126. The van der Waals surface area contributed by atoms with Gasteiger partial charge in [-0.15, -0.1) is 0 Å². The zero-order chi connectivity index (χ0) is 20.1. The van der Waals surface area contributed by atoms with E-state index in [0.29, 0.717) is 25.6 Å². The standard InChI is InChI=1S/C22H34N4O2/c1-4-18-8-6-7-9-20(18)26-16-19(14-21(26)27)22(28)23-15-17(3)25-12-10-24(5-2)11-13-25/h6-9,17,19H,4-5,10-16H2,1-3H3,(H,23,28). The number of anilines is 1. The molecule has 2 unspecified atom stereocenters. The average molecular weight is 387 g/mol. The van der Waals surface area contributed by atoms with Crippen LogP contribution in [0.4, 0.5) is 5.69 Å². The highest BCUT2D eigenvalue weighted by Crippen LogP contribution is 2.28. The van der Waals surface area contributed by atoms with Gasteiger partial charge < -0.3 is 15.1 Å². The lowest BCUT2D eigenvalue weighted by Gasteiger charge is -2.37. The molecule has 2 fully saturated rings. The Morgan fingerprint density at radius 3 is 2.57 bits per heavy atom. The number of piperazine rings is 1. The molecule has 0 spiro atoms. The number of hydrogen-bond acceptors (Lipinski definition) is 4. The second kappa shape index (κ2) is 9.52. The Morgan fingerprint density at radius 1 is 1.18 bits per heavy atom. The third-order valence-electron chi connectivity index (χ3n) is 6.21. The second-order valence-electron chi connectivity index (χ2n) is 7.95. The van der Waals surface area contributed by atoms with Crippen molar-refractivity contribution in [2.24, 2.45) is 5.92 Å². The van der Waals surface area contributed by atoms with Gasteiger partial charge in [0.05, 0.1) is 5.92 Å². The first-order chi connectivity index (χ1) is 13.5. The number of para-hydroxylation sites is 1. The van der Waals surface area contributed by atoms with Crippen LogP contribution in [0.15, 0.2) is 24.3 Å². The monoisotopic (exact) mass is 386 g/mol. The summed E-state index contributed by atoms with van der Waals surface area (Å²) in [5, 5.41) is 3.09. The molecule has 2 aliphatic heterocycles. The van der Waals surface area contributed by atoms with E-state index in [0.717, 1.165) is 50.4 Å². The first-order valence-corrected chi connectivity index (χ1v) is 10.7. The summed E-state index contributed by atoms with van der Waals surface area (Å²) in [5.41, 5.74) is 2.10. The summed E-state index contributed by atoms with van der Waals surface area (Å²) in [4.78, 5) is 31.9. The molecule has 0 radical (unpaired) electrons. The number of amides is 2. The zero-order valence-corrected chi connectivity index (χ0v) is 17.5. The molecule has 2 saturated heterocycles. The fourth-order valence-corrected chi connectivity index (χ4v) is 4.23. The molecular weight excluding hydrogens is 352 g/mol. The average Bonchev–Trinajstić information content (AvgIpc) is 3.13. The smallest absolute Gasteiger partial charge is 0.227 e. The molecular formula is C22H34N4O2. The second-order valence-corrected chi connectivity index (χ2v) is 7.95. The van der Waals surface area contributed by atoms with E-state index in [1.807, 2.05) is 18.2 Å². The predicted octanol–water partition coefficient (Wildman–Crippen LogP) is 1.74. The Balaban J connectivity index is 1.51. The van der Waals surface area contributed by atoms with Crippen LogP contribution in [-0.4, -0.2) is 73.5 Å². The maximum atomic E-state index is 12.7. The van der Waals surface area contributed by atoms with Crippen molar-refractivity contribution < 1.29 is 9.59 Å². The molecule has 0 aliphatic carbocycles. The number of nitrogens with one attached hydrogen (secondary N) is 1. The number of rotatable bonds is 7. The molecule has 1 aromatic carbocycles. The summed E-state index contributed by atoms with van der Waals surface area (Å²) >= 11 is 0. The molecule has 1 aromatic rings. The summed E-state index contributed by atoms with van der Waals surface area (Å²) in [6.45, 7) is 13.0. The number of hydrogen-bond donors (Lipinski definition) is 1. The largest absolute Gasteiger partial charge is 0.354 e. The summed E-state index contributed by atoms with van der Waals surface area (Å²) in [6, 6.07) is 8.30. The van der Waals surface area contributed by atoms with Crippen LogP contribution < -0.4 is 10.2 Å². The molecule has 0 aromatic heterocycles. The third kappa shape index (κ3) is 4.73. The Morgan fingerprint density at radius 2 is 1.89 bits per heavy atom. The Labute approximate surface area is 168 Å². The van der Waals surface area contributed by atoms with Crippen molar-refractivity contribution in [2.75, 3.05) is 50.7 Å². The van der Waals surface area contributed by atoms with E-state index < -0.39 is 0 Å². The molecule has 154 valence electrons. The van der Waals surface area contributed by atoms with E-state index in [-0.39, 0.29) is 17.7 Å². The van der Waals surface area contributed by atoms with Crippen molar-refractivity contribution in [3.05, 3.63) is 29.8 Å². The van der Waals surface area contributed by atoms with Gasteiger partial charge in [0.1, 0.15) is 0 Å². The van der Waals surface area contributed by atoms with Crippen molar-refractivity contribution in [1.29, 1.82) is 0 Å². The van der Waals surface area contributed by atoms with Gasteiger partial charge in [-0.1, -0.05) is 32.0 Å². The highest BCUT2D eigenvalue weighted by atomic mass is 16.2. The first-order valence-electron chi connectivity index (χ1n) is 10.7. The maximum absolute atomic E-state index is 12.7. The van der Waals surface area contributed by atoms with Gasteiger partial charge >= 0.3 is 0 Å². The van der Waals surface area contributed by atoms with E-state index in [1.54, 1.807) is 4.90 Å². The number of carbonyl (C=O) groups is 2. The van der Waals surface area contributed by atoms with Gasteiger partial charge in [-0.2, -0.15) is 0 Å². The van der Waals surface area contributed by atoms with Crippen LogP contribution in [-0.2, 0) is 16.0 Å². The number of aryl methyl sites for hydroxylation is 1. The predicted molar refractivity (Wildman–Crippen MR) is 112 cm³/mol. The van der Waals surface area contributed by atoms with E-state index in [2.05, 4.69) is 42.0 Å². The summed E-state index contributed by atoms with van der Waals surface area (Å²) in [6.07, 6.45) is 1.17. The Hall–Kier alpha value is -1.92. The van der Waals surface area contributed by atoms with Crippen LogP contribution in [0.25, 0.3) is 0 Å². The summed E-state index contributed by atoms with van der Waals surface area (Å²) in [7, 11) is 0. The van der Waals surface area contributed by atoms with Crippen LogP contribution in [0.3, 0.4) is 0 Å². The van der Waals surface area contributed by atoms with Gasteiger partial charge in [-0.3, -0.25) is 14.5 Å². The molecule has 3 rings (SSSR count). The number of nitrogens with zero attached hydrogens (tertiary/aromatic N) is 3. The molecule has 2 amide bonds. The van der Waals surface area contributed by atoms with Gasteiger partial charge in [0.15, 0.2) is 0 Å².